The van der Waals surface area contributed by atoms with Crippen molar-refractivity contribution >= 4 is 16.9 Å². The Labute approximate surface area is 181 Å². The van der Waals surface area contributed by atoms with Crippen LogP contribution in [-0.4, -0.2) is 51.4 Å². The average molecular weight is 449 g/mol. The van der Waals surface area contributed by atoms with E-state index in [-0.39, 0.29) is 17.8 Å². The zero-order chi connectivity index (χ0) is 22.9. The number of benzene rings is 1. The molecule has 1 amide bonds. The molecule has 2 atom stereocenters. The van der Waals surface area contributed by atoms with Gasteiger partial charge in [0.2, 0.25) is 0 Å². The number of nitrogens with zero attached hydrogens (tertiary/aromatic N) is 4. The van der Waals surface area contributed by atoms with Crippen LogP contribution in [0.3, 0.4) is 0 Å². The van der Waals surface area contributed by atoms with Crippen LogP contribution in [0.1, 0.15) is 40.5 Å². The van der Waals surface area contributed by atoms with Crippen LogP contribution in [0.25, 0.3) is 11.0 Å². The molecule has 1 N–H and O–H groups in total. The van der Waals surface area contributed by atoms with Gasteiger partial charge in [0, 0.05) is 12.7 Å². The summed E-state index contributed by atoms with van der Waals surface area (Å²) in [7, 11) is 0. The SMILES string of the molecule is CCn1c(C(NC(=O)c2cnc(C)cn2)[C@H]2COCCO2)nc2cc(C(F)(F)F)ccc21. The summed E-state index contributed by atoms with van der Waals surface area (Å²) in [6.45, 7) is 4.98. The van der Waals surface area contributed by atoms with Gasteiger partial charge in [0.15, 0.2) is 0 Å². The third kappa shape index (κ3) is 4.44. The summed E-state index contributed by atoms with van der Waals surface area (Å²) >= 11 is 0. The third-order valence-corrected chi connectivity index (χ3v) is 5.21. The van der Waals surface area contributed by atoms with E-state index in [1.165, 1.54) is 18.5 Å². The Morgan fingerprint density at radius 1 is 1.28 bits per heavy atom. The van der Waals surface area contributed by atoms with Crippen molar-refractivity contribution in [2.75, 3.05) is 19.8 Å². The van der Waals surface area contributed by atoms with E-state index in [1.54, 1.807) is 11.5 Å². The van der Waals surface area contributed by atoms with E-state index < -0.39 is 29.8 Å². The Hall–Kier alpha value is -3.05. The lowest BCUT2D eigenvalue weighted by molar-refractivity contribution is -0.137. The van der Waals surface area contributed by atoms with Crippen molar-refractivity contribution in [3.05, 3.63) is 53.4 Å². The van der Waals surface area contributed by atoms with E-state index in [9.17, 15) is 18.0 Å². The van der Waals surface area contributed by atoms with Crippen molar-refractivity contribution < 1.29 is 27.4 Å². The van der Waals surface area contributed by atoms with E-state index >= 15 is 0 Å². The molecule has 1 aliphatic rings. The number of nitrogens with one attached hydrogen (secondary N) is 1. The lowest BCUT2D eigenvalue weighted by Gasteiger charge is -2.30. The lowest BCUT2D eigenvalue weighted by Crippen LogP contribution is -2.44. The van der Waals surface area contributed by atoms with Crippen LogP contribution >= 0.6 is 0 Å². The number of carbonyl (C=O) groups excluding carboxylic acids is 1. The molecule has 1 fully saturated rings. The van der Waals surface area contributed by atoms with Crippen molar-refractivity contribution in [3.63, 3.8) is 0 Å². The quantitative estimate of drug-likeness (QED) is 0.644. The summed E-state index contributed by atoms with van der Waals surface area (Å²) in [5, 5.41) is 2.87. The highest BCUT2D eigenvalue weighted by atomic mass is 19.4. The van der Waals surface area contributed by atoms with Crippen LogP contribution in [0.15, 0.2) is 30.6 Å². The van der Waals surface area contributed by atoms with E-state index in [4.69, 9.17) is 9.47 Å². The minimum absolute atomic E-state index is 0.107. The Bertz CT molecular complexity index is 1110. The molecule has 1 aromatic carbocycles. The average Bonchev–Trinajstić information content (AvgIpc) is 3.15. The van der Waals surface area contributed by atoms with Crippen LogP contribution in [-0.2, 0) is 22.2 Å². The van der Waals surface area contributed by atoms with E-state index in [1.807, 2.05) is 6.92 Å². The summed E-state index contributed by atoms with van der Waals surface area (Å²) in [4.78, 5) is 25.5. The van der Waals surface area contributed by atoms with Gasteiger partial charge in [-0.1, -0.05) is 0 Å². The smallest absolute Gasteiger partial charge is 0.376 e. The number of fused-ring (bicyclic) bond motifs is 1. The monoisotopic (exact) mass is 449 g/mol. The molecule has 1 aliphatic heterocycles. The zero-order valence-corrected chi connectivity index (χ0v) is 17.5. The molecule has 0 radical (unpaired) electrons. The van der Waals surface area contributed by atoms with E-state index in [0.717, 1.165) is 12.1 Å². The molecule has 0 bridgehead atoms. The molecule has 1 unspecified atom stereocenters. The second-order valence-corrected chi connectivity index (χ2v) is 7.39. The van der Waals surface area contributed by atoms with Gasteiger partial charge in [-0.3, -0.25) is 9.78 Å². The van der Waals surface area contributed by atoms with Gasteiger partial charge in [-0.2, -0.15) is 13.2 Å². The highest BCUT2D eigenvalue weighted by Gasteiger charge is 2.34. The van der Waals surface area contributed by atoms with Crippen molar-refractivity contribution in [2.45, 2.75) is 38.7 Å². The molecule has 4 rings (SSSR count). The number of ether oxygens (including phenoxy) is 2. The maximum Gasteiger partial charge on any atom is 0.416 e. The Morgan fingerprint density at radius 2 is 2.09 bits per heavy atom. The summed E-state index contributed by atoms with van der Waals surface area (Å²) in [6, 6.07) is 2.65. The minimum Gasteiger partial charge on any atom is -0.376 e. The van der Waals surface area contributed by atoms with Gasteiger partial charge in [-0.25, -0.2) is 9.97 Å². The van der Waals surface area contributed by atoms with Gasteiger partial charge < -0.3 is 19.4 Å². The second kappa shape index (κ2) is 8.83. The molecule has 0 aliphatic carbocycles. The van der Waals surface area contributed by atoms with Crippen LogP contribution in [0.4, 0.5) is 13.2 Å². The number of imidazole rings is 1. The number of aryl methyl sites for hydroxylation is 2. The highest BCUT2D eigenvalue weighted by Crippen LogP contribution is 2.33. The standard InChI is InChI=1S/C21H22F3N5O3/c1-3-29-16-5-4-13(21(22,23)24)8-14(16)27-19(29)18(17-11-31-6-7-32-17)28-20(30)15-10-25-12(2)9-26-15/h4-5,8-10,17-18H,3,6-7,11H2,1-2H3,(H,28,30)/t17-,18?/m1/s1. The fraction of sp³-hybridized carbons (Fsp3) is 0.429. The molecular formula is C21H22F3N5O3. The number of hydrogen-bond acceptors (Lipinski definition) is 6. The number of rotatable bonds is 5. The predicted molar refractivity (Wildman–Crippen MR) is 108 cm³/mol. The molecule has 11 heteroatoms. The van der Waals surface area contributed by atoms with Gasteiger partial charge in [0.1, 0.15) is 23.7 Å². The number of halogens is 3. The van der Waals surface area contributed by atoms with Crippen molar-refractivity contribution in [3.8, 4) is 0 Å². The van der Waals surface area contributed by atoms with Gasteiger partial charge in [0.25, 0.3) is 5.91 Å². The van der Waals surface area contributed by atoms with E-state index in [2.05, 4.69) is 20.3 Å². The van der Waals surface area contributed by atoms with Gasteiger partial charge in [-0.05, 0) is 32.0 Å². The number of hydrogen-bond donors (Lipinski definition) is 1. The fourth-order valence-electron chi connectivity index (χ4n) is 3.64. The maximum atomic E-state index is 13.2. The first-order chi connectivity index (χ1) is 15.3. The number of alkyl halides is 3. The van der Waals surface area contributed by atoms with Crippen molar-refractivity contribution in [1.29, 1.82) is 0 Å². The molecule has 3 heterocycles. The molecule has 32 heavy (non-hydrogen) atoms. The van der Waals surface area contributed by atoms with E-state index in [0.29, 0.717) is 36.8 Å². The highest BCUT2D eigenvalue weighted by molar-refractivity contribution is 5.92. The fourth-order valence-corrected chi connectivity index (χ4v) is 3.64. The summed E-state index contributed by atoms with van der Waals surface area (Å²) in [5.41, 5.74) is 0.695. The topological polar surface area (TPSA) is 91.2 Å². The van der Waals surface area contributed by atoms with Crippen molar-refractivity contribution in [2.24, 2.45) is 0 Å². The second-order valence-electron chi connectivity index (χ2n) is 7.39. The summed E-state index contributed by atoms with van der Waals surface area (Å²) < 4.78 is 52.7. The predicted octanol–water partition coefficient (Wildman–Crippen LogP) is 3.06. The minimum atomic E-state index is -4.48. The van der Waals surface area contributed by atoms with Gasteiger partial charge in [-0.15, -0.1) is 0 Å². The number of aromatic nitrogens is 4. The van der Waals surface area contributed by atoms with Gasteiger partial charge >= 0.3 is 6.18 Å². The Kier molecular flexibility index (Phi) is 6.11. The third-order valence-electron chi connectivity index (χ3n) is 5.21. The normalized spacial score (nSPS) is 18.0. The molecule has 2 aromatic heterocycles. The Balaban J connectivity index is 1.75. The van der Waals surface area contributed by atoms with Crippen LogP contribution in [0, 0.1) is 6.92 Å². The first-order valence-corrected chi connectivity index (χ1v) is 10.1. The van der Waals surface area contributed by atoms with Crippen LogP contribution < -0.4 is 5.32 Å². The maximum absolute atomic E-state index is 13.2. The molecule has 0 spiro atoms. The molecule has 170 valence electrons. The number of amides is 1. The zero-order valence-electron chi connectivity index (χ0n) is 17.5. The molecule has 3 aromatic rings. The summed E-state index contributed by atoms with van der Waals surface area (Å²) in [5.74, 6) is -0.117. The van der Waals surface area contributed by atoms with Crippen molar-refractivity contribution in [1.82, 2.24) is 24.8 Å². The van der Waals surface area contributed by atoms with Crippen LogP contribution in [0.5, 0.6) is 0 Å². The largest absolute Gasteiger partial charge is 0.416 e. The molecular weight excluding hydrogens is 427 g/mol. The van der Waals surface area contributed by atoms with Crippen LogP contribution in [0.2, 0.25) is 0 Å². The summed E-state index contributed by atoms with van der Waals surface area (Å²) in [6.07, 6.45) is -2.22. The Morgan fingerprint density at radius 3 is 2.72 bits per heavy atom. The van der Waals surface area contributed by atoms with Gasteiger partial charge in [0.05, 0.1) is 48.3 Å². The molecule has 8 nitrogen and oxygen atoms in total. The molecule has 0 saturated carbocycles. The number of carbonyl (C=O) groups is 1. The first kappa shape index (κ1) is 22.2. The lowest BCUT2D eigenvalue weighted by atomic mass is 10.1. The molecule has 1 saturated heterocycles. The first-order valence-electron chi connectivity index (χ1n) is 10.1.